The normalized spacial score (nSPS) is 17.0. The zero-order chi connectivity index (χ0) is 17.1. The number of hydrogen-bond donors (Lipinski definition) is 1. The van der Waals surface area contributed by atoms with Crippen LogP contribution >= 0.6 is 0 Å². The number of rotatable bonds is 5. The Balaban J connectivity index is 1.70. The Kier molecular flexibility index (Phi) is 4.45. The van der Waals surface area contributed by atoms with E-state index in [0.29, 0.717) is 42.4 Å². The Labute approximate surface area is 138 Å². The van der Waals surface area contributed by atoms with Gasteiger partial charge in [0.15, 0.2) is 6.61 Å². The zero-order valence-corrected chi connectivity index (χ0v) is 13.1. The first-order valence-corrected chi connectivity index (χ1v) is 7.60. The third-order valence-electron chi connectivity index (χ3n) is 3.82. The van der Waals surface area contributed by atoms with Gasteiger partial charge in [-0.3, -0.25) is 4.79 Å². The van der Waals surface area contributed by atoms with Crippen LogP contribution < -0.4 is 4.74 Å². The molecule has 1 N–H and O–H groups in total. The van der Waals surface area contributed by atoms with E-state index in [0.717, 1.165) is 0 Å². The lowest BCUT2D eigenvalue weighted by Crippen LogP contribution is -2.40. The predicted molar refractivity (Wildman–Crippen MR) is 81.5 cm³/mol. The van der Waals surface area contributed by atoms with E-state index in [-0.39, 0.29) is 12.5 Å². The van der Waals surface area contributed by atoms with Gasteiger partial charge in [-0.05, 0) is 31.0 Å². The van der Waals surface area contributed by atoms with Crippen LogP contribution in [0.4, 0.5) is 0 Å². The maximum atomic E-state index is 12.6. The molecule has 1 aromatic heterocycles. The number of ether oxygens (including phenoxy) is 1. The van der Waals surface area contributed by atoms with E-state index in [1.807, 2.05) is 0 Å². The highest BCUT2D eigenvalue weighted by atomic mass is 16.5. The van der Waals surface area contributed by atoms with Gasteiger partial charge in [0.25, 0.3) is 5.91 Å². The first kappa shape index (κ1) is 16.0. The number of carboxylic acids is 1. The van der Waals surface area contributed by atoms with Crippen LogP contribution in [0.15, 0.2) is 28.8 Å². The zero-order valence-electron chi connectivity index (χ0n) is 13.1. The lowest BCUT2D eigenvalue weighted by atomic mass is 10.1. The van der Waals surface area contributed by atoms with Crippen molar-refractivity contribution in [3.8, 4) is 5.75 Å². The molecule has 1 aliphatic rings. The number of aliphatic carboxylic acids is 1. The highest BCUT2D eigenvalue weighted by Crippen LogP contribution is 2.22. The van der Waals surface area contributed by atoms with Crippen LogP contribution in [0.3, 0.4) is 0 Å². The number of aryl methyl sites for hydroxylation is 1. The number of carbonyl (C=O) groups is 2. The fourth-order valence-corrected chi connectivity index (χ4v) is 2.70. The highest BCUT2D eigenvalue weighted by molar-refractivity contribution is 5.97. The summed E-state index contributed by atoms with van der Waals surface area (Å²) in [6, 6.07) is 5.87. The molecule has 2 heterocycles. The Morgan fingerprint density at radius 1 is 1.46 bits per heavy atom. The minimum absolute atomic E-state index is 0.121. The van der Waals surface area contributed by atoms with Crippen LogP contribution in [-0.2, 0) is 11.4 Å². The average Bonchev–Trinajstić information content (AvgIpc) is 3.21. The minimum Gasteiger partial charge on any atom is -0.485 e. The summed E-state index contributed by atoms with van der Waals surface area (Å²) in [6.07, 6.45) is 1.17. The van der Waals surface area contributed by atoms with E-state index in [1.165, 1.54) is 4.90 Å². The SMILES string of the molecule is Cc1nc(COc2cccc(C(=O)N3CCC[C@@H]3C(=O)O)c2)no1. The van der Waals surface area contributed by atoms with Crippen LogP contribution in [0.25, 0.3) is 0 Å². The van der Waals surface area contributed by atoms with Crippen molar-refractivity contribution in [1.82, 2.24) is 15.0 Å². The molecule has 0 spiro atoms. The van der Waals surface area contributed by atoms with Gasteiger partial charge in [-0.2, -0.15) is 4.98 Å². The van der Waals surface area contributed by atoms with Crippen LogP contribution in [0.1, 0.15) is 34.9 Å². The van der Waals surface area contributed by atoms with E-state index in [9.17, 15) is 14.7 Å². The first-order chi connectivity index (χ1) is 11.5. The third-order valence-corrected chi connectivity index (χ3v) is 3.82. The smallest absolute Gasteiger partial charge is 0.326 e. The van der Waals surface area contributed by atoms with Crippen LogP contribution in [0.2, 0.25) is 0 Å². The van der Waals surface area contributed by atoms with Gasteiger partial charge in [-0.15, -0.1) is 0 Å². The Hall–Kier alpha value is -2.90. The van der Waals surface area contributed by atoms with Crippen molar-refractivity contribution in [2.45, 2.75) is 32.4 Å². The number of carboxylic acid groups (broad SMARTS) is 1. The molecule has 1 aliphatic heterocycles. The van der Waals surface area contributed by atoms with Crippen molar-refractivity contribution in [1.29, 1.82) is 0 Å². The fraction of sp³-hybridized carbons (Fsp3) is 0.375. The molecule has 1 fully saturated rings. The molecule has 0 saturated carbocycles. The molecule has 0 radical (unpaired) electrons. The van der Waals surface area contributed by atoms with Crippen LogP contribution in [0, 0.1) is 6.92 Å². The number of likely N-dealkylation sites (tertiary alicyclic amines) is 1. The topological polar surface area (TPSA) is 106 Å². The minimum atomic E-state index is -0.972. The van der Waals surface area contributed by atoms with Crippen LogP contribution in [0.5, 0.6) is 5.75 Å². The van der Waals surface area contributed by atoms with Gasteiger partial charge >= 0.3 is 5.97 Å². The standard InChI is InChI=1S/C16H17N3O5/c1-10-17-14(18-24-10)9-23-12-5-2-4-11(8-12)15(20)19-7-3-6-13(19)16(21)22/h2,4-5,8,13H,3,6-7,9H2,1H3,(H,21,22)/t13-/m1/s1. The largest absolute Gasteiger partial charge is 0.485 e. The number of carbonyl (C=O) groups excluding carboxylic acids is 1. The molecule has 126 valence electrons. The number of nitrogens with zero attached hydrogens (tertiary/aromatic N) is 3. The molecule has 1 amide bonds. The second-order valence-electron chi connectivity index (χ2n) is 5.54. The van der Waals surface area contributed by atoms with Gasteiger partial charge in [0, 0.05) is 19.0 Å². The number of amides is 1. The van der Waals surface area contributed by atoms with Crippen molar-refractivity contribution in [3.05, 3.63) is 41.5 Å². The van der Waals surface area contributed by atoms with E-state index >= 15 is 0 Å². The lowest BCUT2D eigenvalue weighted by Gasteiger charge is -2.21. The quantitative estimate of drug-likeness (QED) is 0.887. The van der Waals surface area contributed by atoms with Gasteiger partial charge in [0.05, 0.1) is 0 Å². The van der Waals surface area contributed by atoms with E-state index in [1.54, 1.807) is 31.2 Å². The fourth-order valence-electron chi connectivity index (χ4n) is 2.70. The molecule has 1 aromatic carbocycles. The number of hydrogen-bond acceptors (Lipinski definition) is 6. The van der Waals surface area contributed by atoms with E-state index < -0.39 is 12.0 Å². The number of aromatic nitrogens is 2. The molecule has 1 saturated heterocycles. The Bertz CT molecular complexity index is 758. The summed E-state index contributed by atoms with van der Waals surface area (Å²) in [5, 5.41) is 12.9. The second kappa shape index (κ2) is 6.69. The monoisotopic (exact) mass is 331 g/mol. The van der Waals surface area contributed by atoms with Gasteiger partial charge in [-0.1, -0.05) is 11.2 Å². The molecule has 8 nitrogen and oxygen atoms in total. The second-order valence-corrected chi connectivity index (χ2v) is 5.54. The molecule has 8 heteroatoms. The van der Waals surface area contributed by atoms with Crippen molar-refractivity contribution in [3.63, 3.8) is 0 Å². The summed E-state index contributed by atoms with van der Waals surface area (Å²) >= 11 is 0. The molecule has 0 aliphatic carbocycles. The Morgan fingerprint density at radius 3 is 3.00 bits per heavy atom. The molecule has 0 bridgehead atoms. The highest BCUT2D eigenvalue weighted by Gasteiger charge is 2.34. The molecule has 24 heavy (non-hydrogen) atoms. The van der Waals surface area contributed by atoms with Gasteiger partial charge < -0.3 is 19.3 Å². The maximum Gasteiger partial charge on any atom is 0.326 e. The predicted octanol–water partition coefficient (Wildman–Crippen LogP) is 1.65. The molecule has 3 rings (SSSR count). The Morgan fingerprint density at radius 2 is 2.29 bits per heavy atom. The van der Waals surface area contributed by atoms with Crippen LogP contribution in [-0.4, -0.2) is 44.6 Å². The summed E-state index contributed by atoms with van der Waals surface area (Å²) in [7, 11) is 0. The summed E-state index contributed by atoms with van der Waals surface area (Å²) in [4.78, 5) is 29.2. The van der Waals surface area contributed by atoms with E-state index in [2.05, 4.69) is 10.1 Å². The first-order valence-electron chi connectivity index (χ1n) is 7.60. The van der Waals surface area contributed by atoms with Gasteiger partial charge in [0.2, 0.25) is 11.7 Å². The van der Waals surface area contributed by atoms with Gasteiger partial charge in [-0.25, -0.2) is 4.79 Å². The molecule has 0 unspecified atom stereocenters. The molecular formula is C16H17N3O5. The van der Waals surface area contributed by atoms with Gasteiger partial charge in [0.1, 0.15) is 11.8 Å². The molecule has 1 atom stereocenters. The summed E-state index contributed by atoms with van der Waals surface area (Å²) in [5.74, 6) is 0.0665. The molecular weight excluding hydrogens is 314 g/mol. The average molecular weight is 331 g/mol. The number of benzene rings is 1. The maximum absolute atomic E-state index is 12.6. The van der Waals surface area contributed by atoms with E-state index in [4.69, 9.17) is 9.26 Å². The summed E-state index contributed by atoms with van der Waals surface area (Å²) in [6.45, 7) is 2.25. The summed E-state index contributed by atoms with van der Waals surface area (Å²) in [5.41, 5.74) is 0.393. The van der Waals surface area contributed by atoms with Crippen molar-refractivity contribution < 1.29 is 24.0 Å². The third kappa shape index (κ3) is 3.37. The summed E-state index contributed by atoms with van der Waals surface area (Å²) < 4.78 is 10.4. The lowest BCUT2D eigenvalue weighted by molar-refractivity contribution is -0.141. The van der Waals surface area contributed by atoms with Crippen molar-refractivity contribution in [2.24, 2.45) is 0 Å². The van der Waals surface area contributed by atoms with Crippen molar-refractivity contribution >= 4 is 11.9 Å². The molecule has 2 aromatic rings. The van der Waals surface area contributed by atoms with Crippen molar-refractivity contribution in [2.75, 3.05) is 6.54 Å².